The predicted molar refractivity (Wildman–Crippen MR) is 102 cm³/mol. The number of benzene rings is 1. The van der Waals surface area contributed by atoms with Gasteiger partial charge in [-0.1, -0.05) is 41.6 Å². The van der Waals surface area contributed by atoms with E-state index in [1.807, 2.05) is 0 Å². The summed E-state index contributed by atoms with van der Waals surface area (Å²) < 4.78 is 11.9. The molecule has 0 spiro atoms. The molecular weight excluding hydrogens is 397 g/mol. The number of ether oxygens (including phenoxy) is 1. The second-order valence-electron chi connectivity index (χ2n) is 5.33. The van der Waals surface area contributed by atoms with E-state index in [-0.39, 0.29) is 17.8 Å². The van der Waals surface area contributed by atoms with Crippen molar-refractivity contribution in [3.63, 3.8) is 0 Å². The summed E-state index contributed by atoms with van der Waals surface area (Å²) >= 11 is 13.2. The van der Waals surface area contributed by atoms with Gasteiger partial charge in [0.25, 0.3) is 11.8 Å². The van der Waals surface area contributed by atoms with Crippen LogP contribution in [0.25, 0.3) is 11.5 Å². The average Bonchev–Trinajstić information content (AvgIpc) is 3.21. The third-order valence-electron chi connectivity index (χ3n) is 3.42. The van der Waals surface area contributed by atoms with Crippen LogP contribution >= 0.6 is 34.5 Å². The summed E-state index contributed by atoms with van der Waals surface area (Å²) in [4.78, 5) is 12.3. The molecule has 26 heavy (non-hydrogen) atoms. The maximum Gasteiger partial charge on any atom is 0.322 e. The van der Waals surface area contributed by atoms with Gasteiger partial charge in [0.05, 0.1) is 16.5 Å². The SMILES string of the molecule is CCCCOc1ccc(C(=O)Nc2nnc(-c3cc(Cl)sc3Cl)o2)cc1. The Kier molecular flexibility index (Phi) is 6.13. The zero-order chi connectivity index (χ0) is 18.5. The zero-order valence-corrected chi connectivity index (χ0v) is 16.1. The second kappa shape index (κ2) is 8.53. The highest BCUT2D eigenvalue weighted by atomic mass is 35.5. The number of nitrogens with one attached hydrogen (secondary N) is 1. The number of amides is 1. The van der Waals surface area contributed by atoms with E-state index in [9.17, 15) is 4.79 Å². The molecule has 0 bridgehead atoms. The Morgan fingerprint density at radius 3 is 2.69 bits per heavy atom. The van der Waals surface area contributed by atoms with Gasteiger partial charge in [-0.05, 0) is 36.8 Å². The number of unbranched alkanes of at least 4 members (excludes halogenated alkanes) is 1. The largest absolute Gasteiger partial charge is 0.494 e. The molecule has 1 N–H and O–H groups in total. The third-order valence-corrected chi connectivity index (χ3v) is 4.90. The Balaban J connectivity index is 1.64. The number of hydrogen-bond donors (Lipinski definition) is 1. The van der Waals surface area contributed by atoms with Crippen LogP contribution in [0.2, 0.25) is 8.67 Å². The van der Waals surface area contributed by atoms with Crippen molar-refractivity contribution < 1.29 is 13.9 Å². The van der Waals surface area contributed by atoms with Crippen molar-refractivity contribution in [2.45, 2.75) is 19.8 Å². The fourth-order valence-electron chi connectivity index (χ4n) is 2.07. The molecule has 0 saturated heterocycles. The molecule has 0 fully saturated rings. The standard InChI is InChI=1S/C17H15Cl2N3O3S/c1-2-3-8-24-11-6-4-10(5-7-11)15(23)20-17-22-21-16(25-17)12-9-13(18)26-14(12)19/h4-7,9H,2-3,8H2,1H3,(H,20,22,23). The lowest BCUT2D eigenvalue weighted by atomic mass is 10.2. The minimum atomic E-state index is -0.366. The first kappa shape index (κ1) is 18.7. The maximum absolute atomic E-state index is 12.3. The Labute approximate surface area is 164 Å². The summed E-state index contributed by atoms with van der Waals surface area (Å²) in [6.07, 6.45) is 2.05. The number of carbonyl (C=O) groups is 1. The van der Waals surface area contributed by atoms with Crippen molar-refractivity contribution in [2.24, 2.45) is 0 Å². The summed E-state index contributed by atoms with van der Waals surface area (Å²) in [7, 11) is 0. The van der Waals surface area contributed by atoms with Crippen molar-refractivity contribution in [3.8, 4) is 17.2 Å². The lowest BCUT2D eigenvalue weighted by Gasteiger charge is -2.06. The monoisotopic (exact) mass is 411 g/mol. The molecule has 3 rings (SSSR count). The van der Waals surface area contributed by atoms with Crippen LogP contribution in [-0.2, 0) is 0 Å². The van der Waals surface area contributed by atoms with E-state index in [1.165, 1.54) is 11.3 Å². The summed E-state index contributed by atoms with van der Waals surface area (Å²) in [6.45, 7) is 2.75. The van der Waals surface area contributed by atoms with Crippen LogP contribution in [0, 0.1) is 0 Å². The van der Waals surface area contributed by atoms with E-state index < -0.39 is 0 Å². The van der Waals surface area contributed by atoms with E-state index >= 15 is 0 Å². The van der Waals surface area contributed by atoms with Gasteiger partial charge in [0, 0.05) is 5.56 Å². The van der Waals surface area contributed by atoms with Gasteiger partial charge in [-0.2, -0.15) is 0 Å². The molecule has 9 heteroatoms. The first-order valence-electron chi connectivity index (χ1n) is 7.89. The van der Waals surface area contributed by atoms with Gasteiger partial charge in [0.15, 0.2) is 0 Å². The van der Waals surface area contributed by atoms with Crippen molar-refractivity contribution >= 4 is 46.5 Å². The number of halogens is 2. The summed E-state index contributed by atoms with van der Waals surface area (Å²) in [6, 6.07) is 8.44. The molecule has 2 heterocycles. The smallest absolute Gasteiger partial charge is 0.322 e. The van der Waals surface area contributed by atoms with Gasteiger partial charge in [0.2, 0.25) is 0 Å². The second-order valence-corrected chi connectivity index (χ2v) is 7.62. The van der Waals surface area contributed by atoms with E-state index in [4.69, 9.17) is 32.4 Å². The fraction of sp³-hybridized carbons (Fsp3) is 0.235. The molecule has 1 aromatic carbocycles. The van der Waals surface area contributed by atoms with Crippen LogP contribution in [0.4, 0.5) is 6.01 Å². The van der Waals surface area contributed by atoms with Crippen LogP contribution < -0.4 is 10.1 Å². The summed E-state index contributed by atoms with van der Waals surface area (Å²) in [5.74, 6) is 0.543. The number of carbonyl (C=O) groups excluding carboxylic acids is 1. The molecular formula is C17H15Cl2N3O3S. The van der Waals surface area contributed by atoms with E-state index in [1.54, 1.807) is 30.3 Å². The third kappa shape index (κ3) is 4.55. The molecule has 0 aliphatic rings. The van der Waals surface area contributed by atoms with Gasteiger partial charge < -0.3 is 9.15 Å². The molecule has 0 aliphatic heterocycles. The van der Waals surface area contributed by atoms with Crippen molar-refractivity contribution in [1.29, 1.82) is 0 Å². The Morgan fingerprint density at radius 2 is 2.04 bits per heavy atom. The summed E-state index contributed by atoms with van der Waals surface area (Å²) in [5.41, 5.74) is 0.979. The lowest BCUT2D eigenvalue weighted by molar-refractivity contribution is 0.102. The molecule has 0 radical (unpaired) electrons. The molecule has 0 atom stereocenters. The number of rotatable bonds is 7. The minimum absolute atomic E-state index is 0.0216. The number of nitrogens with zero attached hydrogens (tertiary/aromatic N) is 2. The van der Waals surface area contributed by atoms with Crippen molar-refractivity contribution in [3.05, 3.63) is 44.6 Å². The number of hydrogen-bond acceptors (Lipinski definition) is 6. The highest BCUT2D eigenvalue weighted by Gasteiger charge is 2.17. The van der Waals surface area contributed by atoms with Crippen LogP contribution in [-0.4, -0.2) is 22.7 Å². The summed E-state index contributed by atoms with van der Waals surface area (Å²) in [5, 5.41) is 10.2. The molecule has 0 saturated carbocycles. The highest BCUT2D eigenvalue weighted by Crippen LogP contribution is 2.37. The van der Waals surface area contributed by atoms with Crippen LogP contribution in [0.1, 0.15) is 30.1 Å². The molecule has 2 aromatic heterocycles. The quantitative estimate of drug-likeness (QED) is 0.516. The van der Waals surface area contributed by atoms with E-state index in [2.05, 4.69) is 22.4 Å². The first-order chi connectivity index (χ1) is 12.6. The molecule has 3 aromatic rings. The van der Waals surface area contributed by atoms with Crippen LogP contribution in [0.3, 0.4) is 0 Å². The van der Waals surface area contributed by atoms with Gasteiger partial charge in [0.1, 0.15) is 10.1 Å². The van der Waals surface area contributed by atoms with Crippen molar-refractivity contribution in [1.82, 2.24) is 10.2 Å². The van der Waals surface area contributed by atoms with Gasteiger partial charge >= 0.3 is 6.01 Å². The molecule has 0 unspecified atom stereocenters. The van der Waals surface area contributed by atoms with E-state index in [0.29, 0.717) is 26.4 Å². The van der Waals surface area contributed by atoms with Crippen molar-refractivity contribution in [2.75, 3.05) is 11.9 Å². The molecule has 136 valence electrons. The van der Waals surface area contributed by atoms with Gasteiger partial charge in [-0.25, -0.2) is 0 Å². The van der Waals surface area contributed by atoms with Gasteiger partial charge in [-0.3, -0.25) is 10.1 Å². The van der Waals surface area contributed by atoms with Crippen LogP contribution in [0.15, 0.2) is 34.7 Å². The number of aromatic nitrogens is 2. The molecule has 1 amide bonds. The Hall–Kier alpha value is -2.09. The highest BCUT2D eigenvalue weighted by molar-refractivity contribution is 7.20. The lowest BCUT2D eigenvalue weighted by Crippen LogP contribution is -2.12. The topological polar surface area (TPSA) is 77.2 Å². The van der Waals surface area contributed by atoms with Crippen LogP contribution in [0.5, 0.6) is 5.75 Å². The average molecular weight is 412 g/mol. The minimum Gasteiger partial charge on any atom is -0.494 e. The zero-order valence-electron chi connectivity index (χ0n) is 13.8. The van der Waals surface area contributed by atoms with Gasteiger partial charge in [-0.15, -0.1) is 16.4 Å². The molecule has 0 aliphatic carbocycles. The maximum atomic E-state index is 12.3. The Morgan fingerprint density at radius 1 is 1.27 bits per heavy atom. The van der Waals surface area contributed by atoms with E-state index in [0.717, 1.165) is 18.6 Å². The fourth-order valence-corrected chi connectivity index (χ4v) is 3.52. The number of anilines is 1. The first-order valence-corrected chi connectivity index (χ1v) is 9.47. The molecule has 6 nitrogen and oxygen atoms in total. The number of thiophene rings is 1. The normalized spacial score (nSPS) is 10.7. The predicted octanol–water partition coefficient (Wildman–Crippen LogP) is 5.54. The Bertz CT molecular complexity index is 893.